The molecule has 1 fully saturated rings. The summed E-state index contributed by atoms with van der Waals surface area (Å²) in [6.07, 6.45) is 0. The van der Waals surface area contributed by atoms with Gasteiger partial charge in [0.15, 0.2) is 0 Å². The predicted octanol–water partition coefficient (Wildman–Crippen LogP) is 1.77. The van der Waals surface area contributed by atoms with Gasteiger partial charge in [-0.1, -0.05) is 6.07 Å². The van der Waals surface area contributed by atoms with Gasteiger partial charge in [-0.25, -0.2) is 4.98 Å². The first-order valence-corrected chi connectivity index (χ1v) is 9.71. The Morgan fingerprint density at radius 2 is 2.04 bits per heavy atom. The number of nitrogens with one attached hydrogen (secondary N) is 1. The zero-order valence-corrected chi connectivity index (χ0v) is 15.2. The summed E-state index contributed by atoms with van der Waals surface area (Å²) in [6, 6.07) is 3.99. The van der Waals surface area contributed by atoms with Gasteiger partial charge in [0.25, 0.3) is 5.91 Å². The fraction of sp³-hybridized carbons (Fsp3) is 0.438. The molecule has 0 aliphatic carbocycles. The van der Waals surface area contributed by atoms with Crippen LogP contribution in [0.3, 0.4) is 0 Å². The summed E-state index contributed by atoms with van der Waals surface area (Å²) in [4.78, 5) is 33.7. The van der Waals surface area contributed by atoms with Gasteiger partial charge in [-0.2, -0.15) is 0 Å². The van der Waals surface area contributed by atoms with Crippen LogP contribution in [0.25, 0.3) is 9.88 Å². The van der Waals surface area contributed by atoms with Crippen molar-refractivity contribution in [2.24, 2.45) is 0 Å². The van der Waals surface area contributed by atoms with Crippen molar-refractivity contribution >= 4 is 34.5 Å². The topological polar surface area (TPSA) is 65.5 Å². The Bertz CT molecular complexity index is 691. The van der Waals surface area contributed by atoms with Crippen molar-refractivity contribution in [2.75, 3.05) is 39.3 Å². The monoisotopic (exact) mass is 364 g/mol. The Labute approximate surface area is 149 Å². The lowest BCUT2D eigenvalue weighted by Gasteiger charge is -2.33. The molecular weight excluding hydrogens is 344 g/mol. The standard InChI is InChI=1S/C16H20N4O2S2/c1-2-17-14(21)10-19-5-7-20(8-6-19)16(22)12-11-24-15(18-12)13-4-3-9-23-13/h3-4,9,11H,2,5-8,10H2,1H3,(H,17,21). The lowest BCUT2D eigenvalue weighted by molar-refractivity contribution is -0.122. The number of hydrogen-bond acceptors (Lipinski definition) is 6. The van der Waals surface area contributed by atoms with E-state index in [1.54, 1.807) is 11.3 Å². The molecule has 0 radical (unpaired) electrons. The molecule has 1 aliphatic rings. The van der Waals surface area contributed by atoms with E-state index >= 15 is 0 Å². The number of piperazine rings is 1. The average molecular weight is 364 g/mol. The SMILES string of the molecule is CCNC(=O)CN1CCN(C(=O)c2csc(-c3cccs3)n2)CC1. The lowest BCUT2D eigenvalue weighted by Crippen LogP contribution is -2.51. The van der Waals surface area contributed by atoms with Crippen molar-refractivity contribution in [2.45, 2.75) is 6.92 Å². The van der Waals surface area contributed by atoms with Crippen molar-refractivity contribution in [3.05, 3.63) is 28.6 Å². The molecule has 0 bridgehead atoms. The number of thiazole rings is 1. The van der Waals surface area contributed by atoms with Gasteiger partial charge in [0.05, 0.1) is 11.4 Å². The maximum absolute atomic E-state index is 12.6. The first kappa shape index (κ1) is 17.1. The maximum Gasteiger partial charge on any atom is 0.273 e. The van der Waals surface area contributed by atoms with Gasteiger partial charge in [-0.05, 0) is 18.4 Å². The smallest absolute Gasteiger partial charge is 0.273 e. The molecule has 3 heterocycles. The van der Waals surface area contributed by atoms with Crippen LogP contribution < -0.4 is 5.32 Å². The summed E-state index contributed by atoms with van der Waals surface area (Å²) >= 11 is 3.13. The molecule has 0 aromatic carbocycles. The second-order valence-corrected chi connectivity index (χ2v) is 7.34. The van der Waals surface area contributed by atoms with Gasteiger partial charge in [-0.15, -0.1) is 22.7 Å². The summed E-state index contributed by atoms with van der Waals surface area (Å²) in [5.41, 5.74) is 0.514. The van der Waals surface area contributed by atoms with E-state index in [4.69, 9.17) is 0 Å². The summed E-state index contributed by atoms with van der Waals surface area (Å²) < 4.78 is 0. The Hall–Kier alpha value is -1.77. The van der Waals surface area contributed by atoms with Gasteiger partial charge < -0.3 is 10.2 Å². The highest BCUT2D eigenvalue weighted by Crippen LogP contribution is 2.28. The van der Waals surface area contributed by atoms with E-state index in [2.05, 4.69) is 15.2 Å². The largest absolute Gasteiger partial charge is 0.355 e. The van der Waals surface area contributed by atoms with Crippen LogP contribution >= 0.6 is 22.7 Å². The summed E-state index contributed by atoms with van der Waals surface area (Å²) in [7, 11) is 0. The molecule has 1 aliphatic heterocycles. The molecule has 8 heteroatoms. The van der Waals surface area contributed by atoms with Gasteiger partial charge in [0.2, 0.25) is 5.91 Å². The van der Waals surface area contributed by atoms with Crippen LogP contribution in [0.4, 0.5) is 0 Å². The molecule has 2 amide bonds. The number of carbonyl (C=O) groups excluding carboxylic acids is 2. The number of amides is 2. The summed E-state index contributed by atoms with van der Waals surface area (Å²) in [5.74, 6) is 0.0177. The molecule has 2 aromatic heterocycles. The number of aromatic nitrogens is 1. The molecule has 0 atom stereocenters. The number of nitrogens with zero attached hydrogens (tertiary/aromatic N) is 3. The third kappa shape index (κ3) is 4.00. The highest BCUT2D eigenvalue weighted by atomic mass is 32.1. The fourth-order valence-electron chi connectivity index (χ4n) is 2.61. The number of hydrogen-bond donors (Lipinski definition) is 1. The molecule has 0 spiro atoms. The van der Waals surface area contributed by atoms with Gasteiger partial charge >= 0.3 is 0 Å². The van der Waals surface area contributed by atoms with Crippen LogP contribution in [0.2, 0.25) is 0 Å². The minimum Gasteiger partial charge on any atom is -0.355 e. The van der Waals surface area contributed by atoms with Crippen LogP contribution in [0.5, 0.6) is 0 Å². The third-order valence-electron chi connectivity index (χ3n) is 3.86. The van der Waals surface area contributed by atoms with Crippen LogP contribution in [0.1, 0.15) is 17.4 Å². The van der Waals surface area contributed by atoms with Gasteiger partial charge in [-0.3, -0.25) is 14.5 Å². The first-order chi connectivity index (χ1) is 11.7. The zero-order valence-electron chi connectivity index (χ0n) is 13.5. The zero-order chi connectivity index (χ0) is 16.9. The predicted molar refractivity (Wildman–Crippen MR) is 96.5 cm³/mol. The number of carbonyl (C=O) groups is 2. The second-order valence-electron chi connectivity index (χ2n) is 5.54. The van der Waals surface area contributed by atoms with E-state index in [0.29, 0.717) is 45.0 Å². The van der Waals surface area contributed by atoms with E-state index in [-0.39, 0.29) is 11.8 Å². The normalized spacial score (nSPS) is 15.5. The molecule has 0 saturated carbocycles. The van der Waals surface area contributed by atoms with Crippen LogP contribution in [-0.4, -0.2) is 65.9 Å². The van der Waals surface area contributed by atoms with Gasteiger partial charge in [0, 0.05) is 38.1 Å². The fourth-order valence-corrected chi connectivity index (χ4v) is 4.22. The van der Waals surface area contributed by atoms with Crippen molar-refractivity contribution in [1.29, 1.82) is 0 Å². The summed E-state index contributed by atoms with van der Waals surface area (Å²) in [6.45, 7) is 5.64. The Morgan fingerprint density at radius 3 is 2.71 bits per heavy atom. The van der Waals surface area contributed by atoms with Crippen LogP contribution in [-0.2, 0) is 4.79 Å². The molecule has 2 aromatic rings. The Kier molecular flexibility index (Phi) is 5.60. The number of rotatable bonds is 5. The van der Waals surface area contributed by atoms with E-state index in [0.717, 1.165) is 9.88 Å². The van der Waals surface area contributed by atoms with Crippen molar-refractivity contribution in [3.8, 4) is 9.88 Å². The number of thiophene rings is 1. The van der Waals surface area contributed by atoms with Crippen molar-refractivity contribution in [3.63, 3.8) is 0 Å². The highest BCUT2D eigenvalue weighted by Gasteiger charge is 2.24. The molecular formula is C16H20N4O2S2. The van der Waals surface area contributed by atoms with Crippen LogP contribution in [0.15, 0.2) is 22.9 Å². The molecule has 1 N–H and O–H groups in total. The first-order valence-electron chi connectivity index (χ1n) is 7.95. The molecule has 24 heavy (non-hydrogen) atoms. The quantitative estimate of drug-likeness (QED) is 0.878. The molecule has 6 nitrogen and oxygen atoms in total. The molecule has 3 rings (SSSR count). The van der Waals surface area contributed by atoms with E-state index in [1.165, 1.54) is 11.3 Å². The maximum atomic E-state index is 12.6. The van der Waals surface area contributed by atoms with Crippen molar-refractivity contribution < 1.29 is 9.59 Å². The number of likely N-dealkylation sites (N-methyl/N-ethyl adjacent to an activating group) is 1. The van der Waals surface area contributed by atoms with E-state index < -0.39 is 0 Å². The lowest BCUT2D eigenvalue weighted by atomic mass is 10.3. The Morgan fingerprint density at radius 1 is 1.25 bits per heavy atom. The van der Waals surface area contributed by atoms with E-state index in [1.807, 2.05) is 34.7 Å². The minimum absolute atomic E-state index is 0.0216. The molecule has 128 valence electrons. The second kappa shape index (κ2) is 7.87. The van der Waals surface area contributed by atoms with Crippen LogP contribution in [0, 0.1) is 0 Å². The Balaban J connectivity index is 1.55. The molecule has 1 saturated heterocycles. The van der Waals surface area contributed by atoms with Gasteiger partial charge in [0.1, 0.15) is 10.7 Å². The highest BCUT2D eigenvalue weighted by molar-refractivity contribution is 7.20. The van der Waals surface area contributed by atoms with Crippen molar-refractivity contribution in [1.82, 2.24) is 20.1 Å². The average Bonchev–Trinajstić information content (AvgIpc) is 3.26. The third-order valence-corrected chi connectivity index (χ3v) is 5.74. The molecule has 0 unspecified atom stereocenters. The summed E-state index contributed by atoms with van der Waals surface area (Å²) in [5, 5.41) is 7.53. The van der Waals surface area contributed by atoms with E-state index in [9.17, 15) is 9.59 Å². The minimum atomic E-state index is -0.0216.